The third-order valence-corrected chi connectivity index (χ3v) is 4.46. The number of rotatable bonds is 2. The molecule has 0 saturated heterocycles. The van der Waals surface area contributed by atoms with Crippen LogP contribution in [0.15, 0.2) is 55.0 Å². The van der Waals surface area contributed by atoms with Crippen molar-refractivity contribution in [3.8, 4) is 28.3 Å². The summed E-state index contributed by atoms with van der Waals surface area (Å²) in [6.45, 7) is 1.99. The Morgan fingerprint density at radius 1 is 1.11 bits per heavy atom. The lowest BCUT2D eigenvalue weighted by Crippen LogP contribution is -2.25. The quantitative estimate of drug-likeness (QED) is 0.596. The Morgan fingerprint density at radius 2 is 2.04 bits per heavy atom. The van der Waals surface area contributed by atoms with Crippen LogP contribution in [0.25, 0.3) is 28.3 Å². The standard InChI is InChI=1S/C20H15N5O2/c1-12-9-14(5-7-21-12)19-18(24-20-22-6-2-8-25(19)20)13-3-4-16-15(10-13)23-17(26)11-27-16/h2-10H,11H2,1H3,(H,23,26). The Bertz CT molecular complexity index is 1200. The Kier molecular flexibility index (Phi) is 3.39. The highest BCUT2D eigenvalue weighted by molar-refractivity contribution is 5.96. The molecule has 3 aromatic heterocycles. The van der Waals surface area contributed by atoms with Gasteiger partial charge in [-0.25, -0.2) is 9.97 Å². The molecule has 7 nitrogen and oxygen atoms in total. The number of imidazole rings is 1. The number of aryl methyl sites for hydroxylation is 1. The number of hydrogen-bond acceptors (Lipinski definition) is 5. The van der Waals surface area contributed by atoms with Crippen LogP contribution < -0.4 is 10.1 Å². The first kappa shape index (κ1) is 15.5. The summed E-state index contributed by atoms with van der Waals surface area (Å²) in [4.78, 5) is 25.1. The third kappa shape index (κ3) is 2.60. The fourth-order valence-electron chi connectivity index (χ4n) is 3.29. The maximum absolute atomic E-state index is 11.7. The number of nitrogens with zero attached hydrogens (tertiary/aromatic N) is 4. The minimum atomic E-state index is -0.165. The first-order chi connectivity index (χ1) is 13.2. The van der Waals surface area contributed by atoms with Crippen molar-refractivity contribution < 1.29 is 9.53 Å². The van der Waals surface area contributed by atoms with Crippen LogP contribution in [-0.2, 0) is 4.79 Å². The second-order valence-electron chi connectivity index (χ2n) is 6.33. The van der Waals surface area contributed by atoms with Crippen molar-refractivity contribution in [2.24, 2.45) is 0 Å². The van der Waals surface area contributed by atoms with Gasteiger partial charge in [0.05, 0.1) is 17.1 Å². The van der Waals surface area contributed by atoms with Crippen LogP contribution in [0.2, 0.25) is 0 Å². The van der Waals surface area contributed by atoms with Crippen molar-refractivity contribution >= 4 is 17.4 Å². The van der Waals surface area contributed by atoms with Gasteiger partial charge in [-0.2, -0.15) is 0 Å². The topological polar surface area (TPSA) is 81.4 Å². The molecule has 0 radical (unpaired) electrons. The summed E-state index contributed by atoms with van der Waals surface area (Å²) in [5, 5.41) is 2.85. The van der Waals surface area contributed by atoms with Gasteiger partial charge in [0.15, 0.2) is 6.61 Å². The average molecular weight is 357 g/mol. The predicted molar refractivity (Wildman–Crippen MR) is 101 cm³/mol. The molecule has 0 aliphatic carbocycles. The number of amides is 1. The maximum Gasteiger partial charge on any atom is 0.262 e. The van der Waals surface area contributed by atoms with E-state index in [0.29, 0.717) is 17.2 Å². The zero-order valence-electron chi connectivity index (χ0n) is 14.5. The van der Waals surface area contributed by atoms with Crippen LogP contribution in [0.1, 0.15) is 5.69 Å². The van der Waals surface area contributed by atoms with Gasteiger partial charge in [-0.05, 0) is 43.3 Å². The number of nitrogens with one attached hydrogen (secondary N) is 1. The molecule has 0 fully saturated rings. The molecule has 1 aromatic carbocycles. The average Bonchev–Trinajstić information content (AvgIpc) is 3.07. The molecule has 132 valence electrons. The van der Waals surface area contributed by atoms with Crippen LogP contribution in [-0.4, -0.2) is 31.9 Å². The number of benzene rings is 1. The van der Waals surface area contributed by atoms with E-state index in [1.54, 1.807) is 12.4 Å². The number of aromatic nitrogens is 4. The van der Waals surface area contributed by atoms with Gasteiger partial charge in [-0.15, -0.1) is 0 Å². The van der Waals surface area contributed by atoms with Gasteiger partial charge in [0.1, 0.15) is 5.75 Å². The molecule has 4 heterocycles. The number of ether oxygens (including phenoxy) is 1. The van der Waals surface area contributed by atoms with Crippen LogP contribution in [0.3, 0.4) is 0 Å². The molecule has 0 saturated carbocycles. The summed E-state index contributed by atoms with van der Waals surface area (Å²) in [7, 11) is 0. The zero-order chi connectivity index (χ0) is 18.4. The maximum atomic E-state index is 11.7. The van der Waals surface area contributed by atoms with Gasteiger partial charge >= 0.3 is 0 Å². The number of carbonyl (C=O) groups excluding carboxylic acids is 1. The van der Waals surface area contributed by atoms with Crippen molar-refractivity contribution in [3.63, 3.8) is 0 Å². The molecule has 1 aliphatic heterocycles. The molecule has 1 aliphatic rings. The summed E-state index contributed by atoms with van der Waals surface area (Å²) in [6.07, 6.45) is 5.44. The van der Waals surface area contributed by atoms with Gasteiger partial charge < -0.3 is 10.1 Å². The minimum absolute atomic E-state index is 0.0339. The van der Waals surface area contributed by atoms with Gasteiger partial charge in [-0.1, -0.05) is 0 Å². The van der Waals surface area contributed by atoms with Gasteiger partial charge in [-0.3, -0.25) is 14.2 Å². The summed E-state index contributed by atoms with van der Waals surface area (Å²) in [6, 6.07) is 11.5. The molecule has 4 aromatic rings. The molecule has 7 heteroatoms. The molecule has 1 N–H and O–H groups in total. The lowest BCUT2D eigenvalue weighted by atomic mass is 10.0. The van der Waals surface area contributed by atoms with E-state index < -0.39 is 0 Å². The molecule has 1 amide bonds. The van der Waals surface area contributed by atoms with Gasteiger partial charge in [0.25, 0.3) is 5.91 Å². The minimum Gasteiger partial charge on any atom is -0.482 e. The van der Waals surface area contributed by atoms with E-state index in [4.69, 9.17) is 9.72 Å². The van der Waals surface area contributed by atoms with E-state index in [0.717, 1.165) is 28.2 Å². The van der Waals surface area contributed by atoms with Gasteiger partial charge in [0, 0.05) is 35.4 Å². The van der Waals surface area contributed by atoms with E-state index in [9.17, 15) is 4.79 Å². The molecule has 27 heavy (non-hydrogen) atoms. The monoisotopic (exact) mass is 357 g/mol. The van der Waals surface area contributed by atoms with Crippen LogP contribution >= 0.6 is 0 Å². The van der Waals surface area contributed by atoms with E-state index in [-0.39, 0.29) is 12.5 Å². The molecular formula is C20H15N5O2. The van der Waals surface area contributed by atoms with Crippen LogP contribution in [0.5, 0.6) is 5.75 Å². The van der Waals surface area contributed by atoms with Crippen molar-refractivity contribution in [2.75, 3.05) is 11.9 Å². The van der Waals surface area contributed by atoms with Crippen molar-refractivity contribution in [1.82, 2.24) is 19.4 Å². The largest absolute Gasteiger partial charge is 0.482 e. The van der Waals surface area contributed by atoms with E-state index in [2.05, 4.69) is 15.3 Å². The highest BCUT2D eigenvalue weighted by Gasteiger charge is 2.20. The normalized spacial score (nSPS) is 13.1. The first-order valence-corrected chi connectivity index (χ1v) is 8.52. The SMILES string of the molecule is Cc1cc(-c2c(-c3ccc4c(c3)NC(=O)CO4)nc3ncccn23)ccn1. The first-order valence-electron chi connectivity index (χ1n) is 8.52. The highest BCUT2D eigenvalue weighted by Crippen LogP contribution is 2.37. The number of fused-ring (bicyclic) bond motifs is 2. The fraction of sp³-hybridized carbons (Fsp3) is 0.100. The molecule has 0 spiro atoms. The van der Waals surface area contributed by atoms with Crippen LogP contribution in [0.4, 0.5) is 5.69 Å². The molecule has 0 bridgehead atoms. The Labute approximate surface area is 154 Å². The summed E-state index contributed by atoms with van der Waals surface area (Å²) in [5.74, 6) is 1.10. The third-order valence-electron chi connectivity index (χ3n) is 4.46. The smallest absolute Gasteiger partial charge is 0.262 e. The lowest BCUT2D eigenvalue weighted by molar-refractivity contribution is -0.118. The number of anilines is 1. The van der Waals surface area contributed by atoms with Gasteiger partial charge in [0.2, 0.25) is 5.78 Å². The Hall–Kier alpha value is -3.74. The van der Waals surface area contributed by atoms with Crippen molar-refractivity contribution in [1.29, 1.82) is 0 Å². The number of pyridine rings is 1. The molecule has 5 rings (SSSR count). The zero-order valence-corrected chi connectivity index (χ0v) is 14.5. The second-order valence-corrected chi connectivity index (χ2v) is 6.33. The van der Waals surface area contributed by atoms with Crippen molar-refractivity contribution in [2.45, 2.75) is 6.92 Å². The fourth-order valence-corrected chi connectivity index (χ4v) is 3.29. The number of carbonyl (C=O) groups is 1. The van der Waals surface area contributed by atoms with E-state index >= 15 is 0 Å². The predicted octanol–water partition coefficient (Wildman–Crippen LogP) is 3.10. The Morgan fingerprint density at radius 3 is 2.93 bits per heavy atom. The highest BCUT2D eigenvalue weighted by atomic mass is 16.5. The summed E-state index contributed by atoms with van der Waals surface area (Å²) < 4.78 is 7.41. The second kappa shape index (κ2) is 5.91. The van der Waals surface area contributed by atoms with Crippen LogP contribution in [0, 0.1) is 6.92 Å². The molecular weight excluding hydrogens is 342 g/mol. The van der Waals surface area contributed by atoms with E-state index in [1.165, 1.54) is 0 Å². The lowest BCUT2D eigenvalue weighted by Gasteiger charge is -2.18. The number of hydrogen-bond donors (Lipinski definition) is 1. The van der Waals surface area contributed by atoms with Crippen molar-refractivity contribution in [3.05, 3.63) is 60.7 Å². The van der Waals surface area contributed by atoms with E-state index in [1.807, 2.05) is 53.9 Å². The summed E-state index contributed by atoms with van der Waals surface area (Å²) in [5.41, 5.74) is 5.13. The molecule has 0 unspecified atom stereocenters. The molecule has 0 atom stereocenters. The Balaban J connectivity index is 1.75. The summed E-state index contributed by atoms with van der Waals surface area (Å²) >= 11 is 0.